The number of imidazole rings is 1. The van der Waals surface area contributed by atoms with Gasteiger partial charge in [-0.2, -0.15) is 0 Å². The highest BCUT2D eigenvalue weighted by atomic mass is 16.2. The average molecular weight is 210 g/mol. The Morgan fingerprint density at radius 1 is 1.53 bits per heavy atom. The van der Waals surface area contributed by atoms with Crippen LogP contribution in [0.25, 0.3) is 0 Å². The lowest BCUT2D eigenvalue weighted by Crippen LogP contribution is -2.33. The molecule has 0 saturated heterocycles. The molecule has 1 aromatic rings. The van der Waals surface area contributed by atoms with E-state index in [1.807, 2.05) is 13.8 Å². The van der Waals surface area contributed by atoms with E-state index in [1.165, 1.54) is 0 Å². The molecule has 0 radical (unpaired) electrons. The number of likely N-dealkylation sites (N-methyl/N-ethyl adjacent to an activating group) is 1. The fourth-order valence-electron chi connectivity index (χ4n) is 1.43. The molecule has 0 fully saturated rings. The second kappa shape index (κ2) is 5.50. The van der Waals surface area contributed by atoms with Gasteiger partial charge < -0.3 is 15.2 Å². The normalized spacial score (nSPS) is 10.3. The molecule has 1 amide bonds. The van der Waals surface area contributed by atoms with Gasteiger partial charge in [0.1, 0.15) is 6.54 Å². The molecule has 0 unspecified atom stereocenters. The maximum Gasteiger partial charge on any atom is 0.242 e. The van der Waals surface area contributed by atoms with E-state index in [2.05, 4.69) is 4.98 Å². The molecule has 0 atom stereocenters. The third-order valence-corrected chi connectivity index (χ3v) is 2.33. The second-order valence-electron chi connectivity index (χ2n) is 3.31. The summed E-state index contributed by atoms with van der Waals surface area (Å²) in [4.78, 5) is 17.6. The predicted molar refractivity (Wildman–Crippen MR) is 58.0 cm³/mol. The van der Waals surface area contributed by atoms with Crippen LogP contribution in [0.15, 0.2) is 12.5 Å². The third-order valence-electron chi connectivity index (χ3n) is 2.33. The Morgan fingerprint density at radius 3 is 2.67 bits per heavy atom. The average Bonchev–Trinajstić information content (AvgIpc) is 2.67. The van der Waals surface area contributed by atoms with E-state index in [9.17, 15) is 4.79 Å². The Bertz CT molecular complexity index is 317. The van der Waals surface area contributed by atoms with Crippen LogP contribution in [0.5, 0.6) is 0 Å². The van der Waals surface area contributed by atoms with Gasteiger partial charge in [0.25, 0.3) is 0 Å². The van der Waals surface area contributed by atoms with Gasteiger partial charge in [0.05, 0.1) is 12.0 Å². The molecule has 0 aromatic carbocycles. The zero-order valence-electron chi connectivity index (χ0n) is 9.31. The van der Waals surface area contributed by atoms with E-state index in [4.69, 9.17) is 5.73 Å². The Labute approximate surface area is 89.9 Å². The molecule has 5 nitrogen and oxygen atoms in total. The lowest BCUT2D eigenvalue weighted by atomic mass is 10.4. The lowest BCUT2D eigenvalue weighted by molar-refractivity contribution is -0.131. The zero-order valence-corrected chi connectivity index (χ0v) is 9.31. The molecule has 0 aliphatic heterocycles. The van der Waals surface area contributed by atoms with E-state index in [1.54, 1.807) is 22.0 Å². The maximum absolute atomic E-state index is 11.7. The molecule has 0 bridgehead atoms. The van der Waals surface area contributed by atoms with Crippen molar-refractivity contribution in [1.29, 1.82) is 0 Å². The van der Waals surface area contributed by atoms with Crippen LogP contribution in [0.3, 0.4) is 0 Å². The van der Waals surface area contributed by atoms with Crippen molar-refractivity contribution in [2.24, 2.45) is 5.73 Å². The van der Waals surface area contributed by atoms with Crippen LogP contribution in [-0.4, -0.2) is 33.4 Å². The minimum Gasteiger partial charge on any atom is -0.342 e. The number of rotatable bonds is 5. The summed E-state index contributed by atoms with van der Waals surface area (Å²) in [6, 6.07) is 0. The molecule has 1 heterocycles. The number of amides is 1. The van der Waals surface area contributed by atoms with E-state index in [0.29, 0.717) is 13.1 Å². The molecule has 1 aromatic heterocycles. The number of hydrogen-bond donors (Lipinski definition) is 1. The number of nitrogens with two attached hydrogens (primary N) is 1. The fourth-order valence-corrected chi connectivity index (χ4v) is 1.43. The predicted octanol–water partition coefficient (Wildman–Crippen LogP) is 0.210. The summed E-state index contributed by atoms with van der Waals surface area (Å²) >= 11 is 0. The molecule has 0 spiro atoms. The summed E-state index contributed by atoms with van der Waals surface area (Å²) < 4.78 is 1.77. The molecular weight excluding hydrogens is 192 g/mol. The van der Waals surface area contributed by atoms with Crippen molar-refractivity contribution < 1.29 is 4.79 Å². The van der Waals surface area contributed by atoms with Crippen molar-refractivity contribution in [3.63, 3.8) is 0 Å². The standard InChI is InChI=1S/C10H18N4O/c1-3-14(4-2)10(15)7-13-6-9(5-11)12-8-13/h6,8H,3-5,7,11H2,1-2H3. The van der Waals surface area contributed by atoms with Gasteiger partial charge in [-0.25, -0.2) is 4.98 Å². The summed E-state index contributed by atoms with van der Waals surface area (Å²) in [5.41, 5.74) is 6.24. The first-order chi connectivity index (χ1) is 7.21. The third kappa shape index (κ3) is 3.06. The van der Waals surface area contributed by atoms with Crippen molar-refractivity contribution >= 4 is 5.91 Å². The lowest BCUT2D eigenvalue weighted by Gasteiger charge is -2.18. The van der Waals surface area contributed by atoms with Crippen LogP contribution in [-0.2, 0) is 17.9 Å². The molecular formula is C10H18N4O. The van der Waals surface area contributed by atoms with Crippen LogP contribution in [0, 0.1) is 0 Å². The summed E-state index contributed by atoms with van der Waals surface area (Å²) in [5, 5.41) is 0. The fraction of sp³-hybridized carbons (Fsp3) is 0.600. The van der Waals surface area contributed by atoms with Gasteiger partial charge in [-0.1, -0.05) is 0 Å². The van der Waals surface area contributed by atoms with Crippen LogP contribution < -0.4 is 5.73 Å². The molecule has 0 aliphatic rings. The van der Waals surface area contributed by atoms with Gasteiger partial charge in [0.2, 0.25) is 5.91 Å². The first-order valence-electron chi connectivity index (χ1n) is 5.19. The number of aromatic nitrogens is 2. The minimum absolute atomic E-state index is 0.112. The van der Waals surface area contributed by atoms with E-state index in [-0.39, 0.29) is 5.91 Å². The van der Waals surface area contributed by atoms with Gasteiger partial charge in [-0.05, 0) is 13.8 Å². The largest absolute Gasteiger partial charge is 0.342 e. The van der Waals surface area contributed by atoms with Crippen LogP contribution >= 0.6 is 0 Å². The molecule has 0 saturated carbocycles. The topological polar surface area (TPSA) is 64.2 Å². The highest BCUT2D eigenvalue weighted by molar-refractivity contribution is 5.75. The molecule has 5 heteroatoms. The Hall–Kier alpha value is -1.36. The molecule has 1 rings (SSSR count). The van der Waals surface area contributed by atoms with E-state index >= 15 is 0 Å². The Kier molecular flexibility index (Phi) is 4.30. The van der Waals surface area contributed by atoms with Crippen LogP contribution in [0.2, 0.25) is 0 Å². The SMILES string of the molecule is CCN(CC)C(=O)Cn1cnc(CN)c1. The van der Waals surface area contributed by atoms with Crippen molar-refractivity contribution in [2.75, 3.05) is 13.1 Å². The van der Waals surface area contributed by atoms with Crippen molar-refractivity contribution in [3.8, 4) is 0 Å². The highest BCUT2D eigenvalue weighted by Crippen LogP contribution is 1.97. The first-order valence-corrected chi connectivity index (χ1v) is 5.19. The van der Waals surface area contributed by atoms with Crippen LogP contribution in [0.1, 0.15) is 19.5 Å². The van der Waals surface area contributed by atoms with E-state index in [0.717, 1.165) is 18.8 Å². The van der Waals surface area contributed by atoms with Gasteiger partial charge in [0, 0.05) is 25.8 Å². The quantitative estimate of drug-likeness (QED) is 0.755. The smallest absolute Gasteiger partial charge is 0.242 e. The summed E-state index contributed by atoms with van der Waals surface area (Å²) in [7, 11) is 0. The van der Waals surface area contributed by atoms with Gasteiger partial charge in [0.15, 0.2) is 0 Å². The Balaban J connectivity index is 2.57. The zero-order chi connectivity index (χ0) is 11.3. The van der Waals surface area contributed by atoms with Crippen molar-refractivity contribution in [1.82, 2.24) is 14.5 Å². The monoisotopic (exact) mass is 210 g/mol. The van der Waals surface area contributed by atoms with Crippen molar-refractivity contribution in [2.45, 2.75) is 26.9 Å². The molecule has 15 heavy (non-hydrogen) atoms. The highest BCUT2D eigenvalue weighted by Gasteiger charge is 2.09. The van der Waals surface area contributed by atoms with Crippen LogP contribution in [0.4, 0.5) is 0 Å². The first kappa shape index (κ1) is 11.7. The van der Waals surface area contributed by atoms with Gasteiger partial charge >= 0.3 is 0 Å². The van der Waals surface area contributed by atoms with Gasteiger partial charge in [-0.3, -0.25) is 4.79 Å². The van der Waals surface area contributed by atoms with Crippen molar-refractivity contribution in [3.05, 3.63) is 18.2 Å². The molecule has 0 aliphatic carbocycles. The number of hydrogen-bond acceptors (Lipinski definition) is 3. The van der Waals surface area contributed by atoms with E-state index < -0.39 is 0 Å². The summed E-state index contributed by atoms with van der Waals surface area (Å²) in [6.45, 7) is 6.18. The number of nitrogens with zero attached hydrogens (tertiary/aromatic N) is 3. The minimum atomic E-state index is 0.112. The maximum atomic E-state index is 11.7. The van der Waals surface area contributed by atoms with Gasteiger partial charge in [-0.15, -0.1) is 0 Å². The molecule has 84 valence electrons. The number of carbonyl (C=O) groups excluding carboxylic acids is 1. The summed E-state index contributed by atoms with van der Waals surface area (Å²) in [5.74, 6) is 0.112. The Morgan fingerprint density at radius 2 is 2.20 bits per heavy atom. The number of carbonyl (C=O) groups is 1. The molecule has 2 N–H and O–H groups in total. The second-order valence-corrected chi connectivity index (χ2v) is 3.31. The summed E-state index contributed by atoms with van der Waals surface area (Å²) in [6.07, 6.45) is 3.45.